The summed E-state index contributed by atoms with van der Waals surface area (Å²) in [4.78, 5) is 14.2. The molecule has 0 bridgehead atoms. The second kappa shape index (κ2) is 8.02. The summed E-state index contributed by atoms with van der Waals surface area (Å²) in [6.45, 7) is 2.56. The predicted molar refractivity (Wildman–Crippen MR) is 111 cm³/mol. The van der Waals surface area contributed by atoms with E-state index in [1.165, 1.54) is 7.11 Å². The maximum Gasteiger partial charge on any atom is 0.259 e. The Morgan fingerprint density at radius 3 is 2.52 bits per heavy atom. The Bertz CT molecular complexity index is 1150. The number of ether oxygens (including phenoxy) is 2. The van der Waals surface area contributed by atoms with Gasteiger partial charge in [0.25, 0.3) is 5.91 Å². The predicted octanol–water partition coefficient (Wildman–Crippen LogP) is 4.08. The van der Waals surface area contributed by atoms with Crippen LogP contribution in [0.4, 0.5) is 5.69 Å². The maximum atomic E-state index is 12.6. The van der Waals surface area contributed by atoms with Gasteiger partial charge in [-0.15, -0.1) is 10.2 Å². The Labute approximate surface area is 167 Å². The van der Waals surface area contributed by atoms with Crippen molar-refractivity contribution < 1.29 is 14.3 Å². The molecule has 4 rings (SSSR count). The van der Waals surface area contributed by atoms with Gasteiger partial charge in [0.2, 0.25) is 0 Å². The minimum atomic E-state index is -0.249. The van der Waals surface area contributed by atoms with Crippen LogP contribution < -0.4 is 14.8 Å². The minimum absolute atomic E-state index is 0.249. The lowest BCUT2D eigenvalue weighted by Gasteiger charge is -2.08. The molecule has 0 atom stereocenters. The smallest absolute Gasteiger partial charge is 0.259 e. The molecule has 146 valence electrons. The van der Waals surface area contributed by atoms with Crippen molar-refractivity contribution in [2.45, 2.75) is 6.92 Å². The summed E-state index contributed by atoms with van der Waals surface area (Å²) < 4.78 is 10.7. The topological polar surface area (TPSA) is 78.3 Å². The highest BCUT2D eigenvalue weighted by Crippen LogP contribution is 2.22. The highest BCUT2D eigenvalue weighted by atomic mass is 16.5. The van der Waals surface area contributed by atoms with Gasteiger partial charge in [0.1, 0.15) is 22.5 Å². The van der Waals surface area contributed by atoms with Crippen LogP contribution in [0.3, 0.4) is 0 Å². The van der Waals surface area contributed by atoms with Crippen molar-refractivity contribution in [3.05, 3.63) is 72.3 Å². The van der Waals surface area contributed by atoms with Crippen molar-refractivity contribution in [3.63, 3.8) is 0 Å². The largest absolute Gasteiger partial charge is 0.496 e. The zero-order valence-corrected chi connectivity index (χ0v) is 16.1. The summed E-state index contributed by atoms with van der Waals surface area (Å²) in [5.41, 5.74) is 3.33. The van der Waals surface area contributed by atoms with Crippen molar-refractivity contribution >= 4 is 22.6 Å². The number of rotatable bonds is 6. The lowest BCUT2D eigenvalue weighted by Crippen LogP contribution is -2.13. The van der Waals surface area contributed by atoms with Crippen molar-refractivity contribution in [2.24, 2.45) is 0 Å². The summed E-state index contributed by atoms with van der Waals surface area (Å²) in [6.07, 6.45) is 0. The van der Waals surface area contributed by atoms with Crippen LogP contribution in [0, 0.1) is 0 Å². The van der Waals surface area contributed by atoms with Crippen molar-refractivity contribution in [1.29, 1.82) is 0 Å². The van der Waals surface area contributed by atoms with Crippen LogP contribution in [-0.4, -0.2) is 34.6 Å². The first-order chi connectivity index (χ1) is 14.2. The molecule has 0 saturated carbocycles. The average molecular weight is 388 g/mol. The number of methoxy groups -OCH3 is 1. The SMILES string of the molecule is CCOc1ccc(-n2nc3ccc(NC(=O)c4ccccc4OC)cc3n2)cc1. The molecule has 0 fully saturated rings. The van der Waals surface area contributed by atoms with E-state index in [2.05, 4.69) is 15.5 Å². The normalized spacial score (nSPS) is 10.7. The first-order valence-electron chi connectivity index (χ1n) is 9.22. The fourth-order valence-corrected chi connectivity index (χ4v) is 2.98. The van der Waals surface area contributed by atoms with Crippen LogP contribution in [0.1, 0.15) is 17.3 Å². The molecule has 1 heterocycles. The van der Waals surface area contributed by atoms with Crippen LogP contribution in [0.25, 0.3) is 16.7 Å². The summed E-state index contributed by atoms with van der Waals surface area (Å²) in [5, 5.41) is 11.9. The molecule has 0 radical (unpaired) electrons. The van der Waals surface area contributed by atoms with Crippen molar-refractivity contribution in [1.82, 2.24) is 15.0 Å². The molecule has 1 aromatic heterocycles. The lowest BCUT2D eigenvalue weighted by molar-refractivity contribution is 0.102. The van der Waals surface area contributed by atoms with Gasteiger partial charge in [-0.3, -0.25) is 4.79 Å². The first-order valence-corrected chi connectivity index (χ1v) is 9.22. The Balaban J connectivity index is 1.57. The molecule has 0 aliphatic heterocycles. The number of nitrogens with one attached hydrogen (secondary N) is 1. The number of hydrogen-bond donors (Lipinski definition) is 1. The Morgan fingerprint density at radius 1 is 1.00 bits per heavy atom. The monoisotopic (exact) mass is 388 g/mol. The van der Waals surface area contributed by atoms with Gasteiger partial charge in [0.05, 0.1) is 25.0 Å². The maximum absolute atomic E-state index is 12.6. The van der Waals surface area contributed by atoms with Gasteiger partial charge in [-0.2, -0.15) is 4.80 Å². The van der Waals surface area contributed by atoms with Gasteiger partial charge in [-0.1, -0.05) is 12.1 Å². The number of amides is 1. The lowest BCUT2D eigenvalue weighted by atomic mass is 10.2. The van der Waals surface area contributed by atoms with E-state index in [9.17, 15) is 4.79 Å². The zero-order chi connectivity index (χ0) is 20.2. The van der Waals surface area contributed by atoms with Gasteiger partial charge < -0.3 is 14.8 Å². The average Bonchev–Trinajstić information content (AvgIpc) is 3.18. The fraction of sp³-hybridized carbons (Fsp3) is 0.136. The van der Waals surface area contributed by atoms with E-state index in [0.717, 1.165) is 17.0 Å². The molecule has 1 N–H and O–H groups in total. The summed E-state index contributed by atoms with van der Waals surface area (Å²) in [7, 11) is 1.54. The Kier molecular flexibility index (Phi) is 5.11. The third kappa shape index (κ3) is 3.89. The van der Waals surface area contributed by atoms with Gasteiger partial charge in [-0.25, -0.2) is 0 Å². The number of aromatic nitrogens is 3. The Hall–Kier alpha value is -3.87. The molecular weight excluding hydrogens is 368 g/mol. The number of nitrogens with zero attached hydrogens (tertiary/aromatic N) is 3. The molecule has 0 saturated heterocycles. The first kappa shape index (κ1) is 18.5. The molecule has 7 heteroatoms. The summed E-state index contributed by atoms with van der Waals surface area (Å²) in [5.74, 6) is 1.07. The molecule has 0 spiro atoms. The van der Waals surface area contributed by atoms with Gasteiger partial charge in [0.15, 0.2) is 0 Å². The third-order valence-corrected chi connectivity index (χ3v) is 4.37. The molecular formula is C22H20N4O3. The molecule has 0 aliphatic carbocycles. The molecule has 1 amide bonds. The van der Waals surface area contributed by atoms with E-state index >= 15 is 0 Å². The highest BCUT2D eigenvalue weighted by molar-refractivity contribution is 6.06. The fourth-order valence-electron chi connectivity index (χ4n) is 2.98. The quantitative estimate of drug-likeness (QED) is 0.538. The standard InChI is InChI=1S/C22H20N4O3/c1-3-29-17-11-9-16(10-12-17)26-24-19-13-8-15(14-20(19)25-26)23-22(27)18-6-4-5-7-21(18)28-2/h4-14H,3H2,1-2H3,(H,23,27). The Morgan fingerprint density at radius 2 is 1.76 bits per heavy atom. The van der Waals surface area contributed by atoms with E-state index in [4.69, 9.17) is 9.47 Å². The third-order valence-electron chi connectivity index (χ3n) is 4.37. The number of carbonyl (C=O) groups excluding carboxylic acids is 1. The summed E-state index contributed by atoms with van der Waals surface area (Å²) in [6, 6.07) is 20.1. The van der Waals surface area contributed by atoms with Gasteiger partial charge in [-0.05, 0) is 61.5 Å². The van der Waals surface area contributed by atoms with Crippen LogP contribution >= 0.6 is 0 Å². The van der Waals surface area contributed by atoms with Crippen LogP contribution in [0.2, 0.25) is 0 Å². The zero-order valence-electron chi connectivity index (χ0n) is 16.1. The van der Waals surface area contributed by atoms with E-state index in [1.807, 2.05) is 43.3 Å². The van der Waals surface area contributed by atoms with E-state index in [-0.39, 0.29) is 5.91 Å². The highest BCUT2D eigenvalue weighted by Gasteiger charge is 2.13. The molecule has 29 heavy (non-hydrogen) atoms. The molecule has 4 aromatic rings. The van der Waals surface area contributed by atoms with E-state index in [0.29, 0.717) is 29.1 Å². The van der Waals surface area contributed by atoms with Crippen molar-refractivity contribution in [3.8, 4) is 17.2 Å². The molecule has 3 aromatic carbocycles. The number of carbonyl (C=O) groups is 1. The van der Waals surface area contributed by atoms with Crippen molar-refractivity contribution in [2.75, 3.05) is 19.0 Å². The minimum Gasteiger partial charge on any atom is -0.496 e. The molecule has 0 aliphatic rings. The number of para-hydroxylation sites is 1. The van der Waals surface area contributed by atoms with Crippen LogP contribution in [-0.2, 0) is 0 Å². The summed E-state index contributed by atoms with van der Waals surface area (Å²) >= 11 is 0. The molecule has 0 unspecified atom stereocenters. The van der Waals surface area contributed by atoms with E-state index in [1.54, 1.807) is 35.1 Å². The van der Waals surface area contributed by atoms with Crippen LogP contribution in [0.5, 0.6) is 11.5 Å². The number of anilines is 1. The van der Waals surface area contributed by atoms with Gasteiger partial charge in [0, 0.05) is 5.69 Å². The second-order valence-corrected chi connectivity index (χ2v) is 6.27. The number of benzene rings is 3. The number of hydrogen-bond acceptors (Lipinski definition) is 5. The molecule has 7 nitrogen and oxygen atoms in total. The van der Waals surface area contributed by atoms with Gasteiger partial charge >= 0.3 is 0 Å². The van der Waals surface area contributed by atoms with Crippen LogP contribution in [0.15, 0.2) is 66.7 Å². The number of fused-ring (bicyclic) bond motifs is 1. The second-order valence-electron chi connectivity index (χ2n) is 6.27. The van der Waals surface area contributed by atoms with E-state index < -0.39 is 0 Å².